The smallest absolute Gasteiger partial charge is 0.164 e. The number of anilines is 2. The van der Waals surface area contributed by atoms with Crippen LogP contribution < -0.4 is 4.90 Å². The number of aromatic nitrogens is 4. The number of nitrogens with zero attached hydrogens (tertiary/aromatic N) is 5. The number of hydrogen-bond donors (Lipinski definition) is 0. The van der Waals surface area contributed by atoms with E-state index in [1.807, 2.05) is 24.3 Å². The lowest BCUT2D eigenvalue weighted by Crippen LogP contribution is -2.22. The summed E-state index contributed by atoms with van der Waals surface area (Å²) in [6.45, 7) is 0.733. The van der Waals surface area contributed by atoms with Crippen molar-refractivity contribution in [3.8, 4) is 73.2 Å². The molecule has 0 fully saturated rings. The molecule has 14 rings (SSSR count). The Morgan fingerprint density at radius 3 is 1.49 bits per heavy atom. The van der Waals surface area contributed by atoms with Gasteiger partial charge in [0.15, 0.2) is 17.5 Å². The minimum absolute atomic E-state index is 0.625. The van der Waals surface area contributed by atoms with E-state index in [-0.39, 0.29) is 0 Å². The highest BCUT2D eigenvalue weighted by Gasteiger charge is 2.29. The zero-order valence-corrected chi connectivity index (χ0v) is 38.6. The van der Waals surface area contributed by atoms with Crippen molar-refractivity contribution in [3.05, 3.63) is 254 Å². The molecule has 13 aromatic rings. The molecule has 0 N–H and O–H groups in total. The molecule has 11 aromatic carbocycles. The van der Waals surface area contributed by atoms with Crippen LogP contribution in [0.15, 0.2) is 249 Å². The molecular weight excluding hydrogens is 863 g/mol. The van der Waals surface area contributed by atoms with Crippen LogP contribution in [-0.4, -0.2) is 19.5 Å². The van der Waals surface area contributed by atoms with Gasteiger partial charge < -0.3 is 9.47 Å². The van der Waals surface area contributed by atoms with Gasteiger partial charge in [0.25, 0.3) is 0 Å². The standard InChI is InChI=1S/C66H43N5/c1-5-19-43(20-6-1)44-33-35-47(36-34-44)65-67-64(46-23-9-3-10-24-46)68-66(69-65)55-37-38-60(52-29-15-13-27-50(52)55)71-59-32-18-17-30-53(59)57-40-58-61(41-62(57)71)70(49-25-11-4-12-26-49)42-48-39-56(45-21-7-2-8-22-45)51-28-14-16-31-54(51)63(48)58/h1-41H,42H2. The number of benzene rings is 11. The average molecular weight is 906 g/mol. The van der Waals surface area contributed by atoms with E-state index in [1.54, 1.807) is 0 Å². The van der Waals surface area contributed by atoms with Crippen molar-refractivity contribution in [2.45, 2.75) is 6.54 Å². The van der Waals surface area contributed by atoms with Crippen LogP contribution >= 0.6 is 0 Å². The third kappa shape index (κ3) is 6.81. The van der Waals surface area contributed by atoms with E-state index in [4.69, 9.17) is 15.0 Å². The van der Waals surface area contributed by atoms with Crippen molar-refractivity contribution < 1.29 is 0 Å². The predicted octanol–water partition coefficient (Wildman–Crippen LogP) is 16.9. The lowest BCUT2D eigenvalue weighted by atomic mass is 9.84. The summed E-state index contributed by atoms with van der Waals surface area (Å²) in [5.74, 6) is 1.88. The molecule has 0 bridgehead atoms. The normalized spacial score (nSPS) is 12.1. The van der Waals surface area contributed by atoms with E-state index in [2.05, 4.69) is 234 Å². The fourth-order valence-electron chi connectivity index (χ4n) is 11.0. The van der Waals surface area contributed by atoms with Gasteiger partial charge >= 0.3 is 0 Å². The summed E-state index contributed by atoms with van der Waals surface area (Å²) in [5.41, 5.74) is 17.2. The quantitative estimate of drug-likeness (QED) is 0.160. The number of hydrogen-bond acceptors (Lipinski definition) is 4. The van der Waals surface area contributed by atoms with Crippen LogP contribution in [0.25, 0.3) is 117 Å². The number of rotatable bonds is 7. The maximum atomic E-state index is 5.26. The van der Waals surface area contributed by atoms with Crippen LogP contribution in [-0.2, 0) is 6.54 Å². The van der Waals surface area contributed by atoms with Crippen LogP contribution in [0.1, 0.15) is 5.56 Å². The maximum Gasteiger partial charge on any atom is 0.164 e. The largest absolute Gasteiger partial charge is 0.336 e. The summed E-state index contributed by atoms with van der Waals surface area (Å²) >= 11 is 0. The Bertz CT molecular complexity index is 4170. The molecule has 5 heteroatoms. The Morgan fingerprint density at radius 1 is 0.296 bits per heavy atom. The Hall–Kier alpha value is -9.45. The van der Waals surface area contributed by atoms with Gasteiger partial charge in [0.1, 0.15) is 0 Å². The van der Waals surface area contributed by atoms with Crippen molar-refractivity contribution in [2.24, 2.45) is 0 Å². The molecule has 0 unspecified atom stereocenters. The van der Waals surface area contributed by atoms with Gasteiger partial charge in [0, 0.05) is 50.6 Å². The second kappa shape index (κ2) is 16.7. The van der Waals surface area contributed by atoms with Gasteiger partial charge in [0.05, 0.1) is 22.4 Å². The van der Waals surface area contributed by atoms with Crippen molar-refractivity contribution in [2.75, 3.05) is 4.90 Å². The Morgan fingerprint density at radius 2 is 0.803 bits per heavy atom. The van der Waals surface area contributed by atoms with Gasteiger partial charge in [0.2, 0.25) is 0 Å². The topological polar surface area (TPSA) is 46.8 Å². The summed E-state index contributed by atoms with van der Waals surface area (Å²) in [4.78, 5) is 18.1. The summed E-state index contributed by atoms with van der Waals surface area (Å²) in [7, 11) is 0. The van der Waals surface area contributed by atoms with Crippen LogP contribution in [0, 0.1) is 0 Å². The highest BCUT2D eigenvalue weighted by atomic mass is 15.1. The van der Waals surface area contributed by atoms with Crippen molar-refractivity contribution in [1.29, 1.82) is 0 Å². The Labute approximate surface area is 411 Å². The van der Waals surface area contributed by atoms with Gasteiger partial charge in [-0.2, -0.15) is 0 Å². The molecule has 3 heterocycles. The second-order valence-electron chi connectivity index (χ2n) is 18.3. The first-order valence-corrected chi connectivity index (χ1v) is 24.2. The summed E-state index contributed by atoms with van der Waals surface area (Å²) in [6.07, 6.45) is 0. The average Bonchev–Trinajstić information content (AvgIpc) is 3.77. The minimum atomic E-state index is 0.625. The SMILES string of the molecule is c1ccc(-c2ccc(-c3nc(-c4ccccc4)nc(-c4ccc(-n5c6ccccc6c6cc7c(cc65)N(c5ccccc5)Cc5cc(-c6ccccc6)c6ccccc6c5-7)c5ccccc45)n3)cc2)cc1. The number of para-hydroxylation sites is 2. The molecule has 0 saturated heterocycles. The second-order valence-corrected chi connectivity index (χ2v) is 18.3. The van der Waals surface area contributed by atoms with Gasteiger partial charge in [-0.3, -0.25) is 0 Å². The predicted molar refractivity (Wildman–Crippen MR) is 294 cm³/mol. The summed E-state index contributed by atoms with van der Waals surface area (Å²) in [5, 5.41) is 7.10. The molecule has 332 valence electrons. The van der Waals surface area contributed by atoms with E-state index in [0.717, 1.165) is 62.0 Å². The van der Waals surface area contributed by atoms with Crippen LogP contribution in [0.4, 0.5) is 11.4 Å². The van der Waals surface area contributed by atoms with Gasteiger partial charge in [-0.1, -0.05) is 200 Å². The van der Waals surface area contributed by atoms with Crippen LogP contribution in [0.5, 0.6) is 0 Å². The summed E-state index contributed by atoms with van der Waals surface area (Å²) < 4.78 is 2.47. The van der Waals surface area contributed by atoms with E-state index in [1.165, 1.54) is 60.6 Å². The first-order chi connectivity index (χ1) is 35.2. The fourth-order valence-corrected chi connectivity index (χ4v) is 11.0. The molecule has 2 aromatic heterocycles. The van der Waals surface area contributed by atoms with Crippen LogP contribution in [0.3, 0.4) is 0 Å². The molecule has 1 aliphatic heterocycles. The van der Waals surface area contributed by atoms with Gasteiger partial charge in [-0.05, 0) is 98.1 Å². The van der Waals surface area contributed by atoms with Crippen molar-refractivity contribution in [1.82, 2.24) is 19.5 Å². The highest BCUT2D eigenvalue weighted by molar-refractivity contribution is 6.17. The molecule has 0 radical (unpaired) electrons. The molecule has 0 aliphatic carbocycles. The van der Waals surface area contributed by atoms with E-state index in [9.17, 15) is 0 Å². The van der Waals surface area contributed by atoms with E-state index in [0.29, 0.717) is 17.5 Å². The Balaban J connectivity index is 0.977. The molecule has 5 nitrogen and oxygen atoms in total. The Kier molecular flexibility index (Phi) is 9.52. The molecule has 0 atom stereocenters. The fraction of sp³-hybridized carbons (Fsp3) is 0.0152. The zero-order chi connectivity index (χ0) is 46.8. The van der Waals surface area contributed by atoms with Gasteiger partial charge in [-0.15, -0.1) is 0 Å². The van der Waals surface area contributed by atoms with E-state index >= 15 is 0 Å². The van der Waals surface area contributed by atoms with Crippen LogP contribution in [0.2, 0.25) is 0 Å². The lowest BCUT2D eigenvalue weighted by molar-refractivity contribution is 0.965. The number of fused-ring (bicyclic) bond motifs is 9. The first-order valence-electron chi connectivity index (χ1n) is 24.2. The molecule has 1 aliphatic rings. The third-order valence-corrected chi connectivity index (χ3v) is 14.3. The highest BCUT2D eigenvalue weighted by Crippen LogP contribution is 2.51. The molecule has 0 spiro atoms. The minimum Gasteiger partial charge on any atom is -0.336 e. The maximum absolute atomic E-state index is 5.26. The van der Waals surface area contributed by atoms with E-state index < -0.39 is 0 Å². The zero-order valence-electron chi connectivity index (χ0n) is 38.6. The van der Waals surface area contributed by atoms with Crippen molar-refractivity contribution >= 4 is 54.7 Å². The molecular formula is C66H43N5. The monoisotopic (exact) mass is 905 g/mol. The molecule has 0 saturated carbocycles. The van der Waals surface area contributed by atoms with Gasteiger partial charge in [-0.25, -0.2) is 15.0 Å². The first kappa shape index (κ1) is 40.6. The molecule has 0 amide bonds. The molecule has 71 heavy (non-hydrogen) atoms. The summed E-state index contributed by atoms with van der Waals surface area (Å²) in [6, 6.07) is 89.1. The van der Waals surface area contributed by atoms with Crippen molar-refractivity contribution in [3.63, 3.8) is 0 Å². The third-order valence-electron chi connectivity index (χ3n) is 14.3. The lowest BCUT2D eigenvalue weighted by Gasteiger charge is -2.34.